The van der Waals surface area contributed by atoms with E-state index in [4.69, 9.17) is 16.3 Å². The molecule has 0 aliphatic heterocycles. The molecule has 0 saturated heterocycles. The minimum Gasteiger partial charge on any atom is -0.483 e. The van der Waals surface area contributed by atoms with Crippen molar-refractivity contribution in [3.63, 3.8) is 0 Å². The maximum absolute atomic E-state index is 13.4. The second-order valence-corrected chi connectivity index (χ2v) is 11.6. The monoisotopic (exact) mass is 562 g/mol. The molecule has 35 heavy (non-hydrogen) atoms. The molecule has 2 amide bonds. The molecule has 190 valence electrons. The van der Waals surface area contributed by atoms with Crippen LogP contribution in [0, 0.1) is 0 Å². The van der Waals surface area contributed by atoms with E-state index in [9.17, 15) is 9.59 Å². The molecule has 2 aromatic rings. The Hall–Kier alpha value is -2.05. The van der Waals surface area contributed by atoms with Crippen LogP contribution in [0.2, 0.25) is 5.02 Å². The first-order valence-electron chi connectivity index (χ1n) is 12.3. The SMILES string of the molecule is C[C@H](C(=O)NC1CCCCC1)N(Cc1cccc(Cl)c1)C(=O)COc1ccc(C(C)(C)C)cc1Br. The zero-order valence-corrected chi connectivity index (χ0v) is 23.4. The average Bonchev–Trinajstić information content (AvgIpc) is 2.81. The third-order valence-corrected chi connectivity index (χ3v) is 7.36. The van der Waals surface area contributed by atoms with Crippen LogP contribution in [0.5, 0.6) is 5.75 Å². The molecule has 0 aromatic heterocycles. The summed E-state index contributed by atoms with van der Waals surface area (Å²) in [6.07, 6.45) is 5.44. The van der Waals surface area contributed by atoms with Crippen LogP contribution in [-0.4, -0.2) is 35.4 Å². The van der Waals surface area contributed by atoms with Gasteiger partial charge in [0.25, 0.3) is 5.91 Å². The van der Waals surface area contributed by atoms with Gasteiger partial charge in [-0.15, -0.1) is 0 Å². The van der Waals surface area contributed by atoms with Gasteiger partial charge in [0.1, 0.15) is 11.8 Å². The maximum Gasteiger partial charge on any atom is 0.261 e. The molecule has 1 fully saturated rings. The summed E-state index contributed by atoms with van der Waals surface area (Å²) in [5.41, 5.74) is 2.03. The standard InChI is InChI=1S/C28H36BrClN2O3/c1-19(27(34)31-23-11-6-5-7-12-23)32(17-20-9-8-10-22(30)15-20)26(33)18-35-25-14-13-21(16-24(25)29)28(2,3)4/h8-10,13-16,19,23H,5-7,11-12,17-18H2,1-4H3,(H,31,34)/t19-/m1/s1. The highest BCUT2D eigenvalue weighted by Crippen LogP contribution is 2.31. The fourth-order valence-electron chi connectivity index (χ4n) is 4.29. The average molecular weight is 564 g/mol. The third kappa shape index (κ3) is 7.97. The number of ether oxygens (including phenoxy) is 1. The van der Waals surface area contributed by atoms with E-state index in [-0.39, 0.29) is 36.4 Å². The summed E-state index contributed by atoms with van der Waals surface area (Å²) in [5.74, 6) is 0.194. The van der Waals surface area contributed by atoms with Gasteiger partial charge in [-0.2, -0.15) is 0 Å². The van der Waals surface area contributed by atoms with Crippen LogP contribution in [0.3, 0.4) is 0 Å². The minimum absolute atomic E-state index is 0.00571. The second-order valence-electron chi connectivity index (χ2n) is 10.4. The second kappa shape index (κ2) is 12.3. The van der Waals surface area contributed by atoms with Gasteiger partial charge < -0.3 is 15.0 Å². The van der Waals surface area contributed by atoms with Crippen LogP contribution < -0.4 is 10.1 Å². The Kier molecular flexibility index (Phi) is 9.65. The number of amides is 2. The van der Waals surface area contributed by atoms with Gasteiger partial charge in [0.05, 0.1) is 4.47 Å². The van der Waals surface area contributed by atoms with Gasteiger partial charge in [-0.05, 0) is 76.5 Å². The first kappa shape index (κ1) is 27.5. The van der Waals surface area contributed by atoms with E-state index >= 15 is 0 Å². The summed E-state index contributed by atoms with van der Waals surface area (Å²) >= 11 is 9.74. The molecule has 7 heteroatoms. The largest absolute Gasteiger partial charge is 0.483 e. The van der Waals surface area contributed by atoms with Gasteiger partial charge in [0.15, 0.2) is 6.61 Å². The van der Waals surface area contributed by atoms with E-state index in [1.54, 1.807) is 17.9 Å². The van der Waals surface area contributed by atoms with Gasteiger partial charge in [0, 0.05) is 17.6 Å². The quantitative estimate of drug-likeness (QED) is 0.391. The number of rotatable bonds is 8. The lowest BCUT2D eigenvalue weighted by Gasteiger charge is -2.31. The molecule has 0 bridgehead atoms. The number of hydrogen-bond donors (Lipinski definition) is 1. The Bertz CT molecular complexity index is 1030. The van der Waals surface area contributed by atoms with E-state index in [0.29, 0.717) is 10.8 Å². The Morgan fingerprint density at radius 3 is 2.49 bits per heavy atom. The molecule has 1 aliphatic carbocycles. The zero-order valence-electron chi connectivity index (χ0n) is 21.1. The molecular weight excluding hydrogens is 528 g/mol. The van der Waals surface area contributed by atoms with Crippen molar-refractivity contribution in [1.29, 1.82) is 0 Å². The molecule has 0 unspecified atom stereocenters. The molecule has 2 aromatic carbocycles. The maximum atomic E-state index is 13.4. The van der Waals surface area contributed by atoms with Crippen molar-refractivity contribution >= 4 is 39.3 Å². The van der Waals surface area contributed by atoms with Gasteiger partial charge in [-0.1, -0.05) is 69.8 Å². The summed E-state index contributed by atoms with van der Waals surface area (Å²) in [4.78, 5) is 28.0. The van der Waals surface area contributed by atoms with Crippen LogP contribution in [0.4, 0.5) is 0 Å². The Balaban J connectivity index is 1.73. The Morgan fingerprint density at radius 1 is 1.14 bits per heavy atom. The fraction of sp³-hybridized carbons (Fsp3) is 0.500. The molecular formula is C28H36BrClN2O3. The predicted molar refractivity (Wildman–Crippen MR) is 145 cm³/mol. The summed E-state index contributed by atoms with van der Waals surface area (Å²) in [6.45, 7) is 8.31. The molecule has 3 rings (SSSR count). The van der Waals surface area contributed by atoms with Crippen molar-refractivity contribution in [3.8, 4) is 5.75 Å². The number of nitrogens with one attached hydrogen (secondary N) is 1. The number of hydrogen-bond acceptors (Lipinski definition) is 3. The van der Waals surface area contributed by atoms with Crippen LogP contribution in [0.15, 0.2) is 46.9 Å². The van der Waals surface area contributed by atoms with Crippen molar-refractivity contribution in [3.05, 3.63) is 63.1 Å². The molecule has 0 radical (unpaired) electrons. The van der Waals surface area contributed by atoms with E-state index < -0.39 is 6.04 Å². The van der Waals surface area contributed by atoms with Crippen LogP contribution in [-0.2, 0) is 21.5 Å². The Labute approximate surface area is 222 Å². The molecule has 1 N–H and O–H groups in total. The minimum atomic E-state index is -0.640. The highest BCUT2D eigenvalue weighted by atomic mass is 79.9. The lowest BCUT2D eigenvalue weighted by Crippen LogP contribution is -2.51. The first-order valence-corrected chi connectivity index (χ1v) is 13.5. The summed E-state index contributed by atoms with van der Waals surface area (Å²) in [7, 11) is 0. The van der Waals surface area contributed by atoms with Gasteiger partial charge in [-0.3, -0.25) is 9.59 Å². The van der Waals surface area contributed by atoms with E-state index in [1.807, 2.05) is 36.4 Å². The highest BCUT2D eigenvalue weighted by molar-refractivity contribution is 9.10. The normalized spacial score (nSPS) is 15.4. The Morgan fingerprint density at radius 2 is 1.86 bits per heavy atom. The molecule has 1 atom stereocenters. The van der Waals surface area contributed by atoms with Crippen molar-refractivity contribution < 1.29 is 14.3 Å². The summed E-state index contributed by atoms with van der Waals surface area (Å²) in [6, 6.07) is 12.8. The fourth-order valence-corrected chi connectivity index (χ4v) is 5.00. The van der Waals surface area contributed by atoms with Gasteiger partial charge in [-0.25, -0.2) is 0 Å². The first-order chi connectivity index (χ1) is 16.5. The topological polar surface area (TPSA) is 58.6 Å². The van der Waals surface area contributed by atoms with E-state index in [2.05, 4.69) is 42.0 Å². The van der Waals surface area contributed by atoms with Crippen LogP contribution in [0.1, 0.15) is 70.9 Å². The third-order valence-electron chi connectivity index (χ3n) is 6.51. The number of nitrogens with zero attached hydrogens (tertiary/aromatic N) is 1. The lowest BCUT2D eigenvalue weighted by molar-refractivity contribution is -0.142. The van der Waals surface area contributed by atoms with E-state index in [1.165, 1.54) is 12.0 Å². The molecule has 5 nitrogen and oxygen atoms in total. The smallest absolute Gasteiger partial charge is 0.261 e. The van der Waals surface area contributed by atoms with Crippen LogP contribution in [0.25, 0.3) is 0 Å². The number of carbonyl (C=O) groups excluding carboxylic acids is 2. The summed E-state index contributed by atoms with van der Waals surface area (Å²) < 4.78 is 6.69. The number of halogens is 2. The number of carbonyl (C=O) groups is 2. The molecule has 1 saturated carbocycles. The van der Waals surface area contributed by atoms with Crippen molar-refractivity contribution in [2.45, 2.75) is 83.8 Å². The lowest BCUT2D eigenvalue weighted by atomic mass is 9.87. The molecule has 1 aliphatic rings. The molecule has 0 spiro atoms. The molecule has 0 heterocycles. The summed E-state index contributed by atoms with van der Waals surface area (Å²) in [5, 5.41) is 3.74. The van der Waals surface area contributed by atoms with Crippen molar-refractivity contribution in [2.75, 3.05) is 6.61 Å². The van der Waals surface area contributed by atoms with Gasteiger partial charge in [0.2, 0.25) is 5.91 Å². The van der Waals surface area contributed by atoms with Crippen LogP contribution >= 0.6 is 27.5 Å². The van der Waals surface area contributed by atoms with Gasteiger partial charge >= 0.3 is 0 Å². The van der Waals surface area contributed by atoms with Crippen molar-refractivity contribution in [1.82, 2.24) is 10.2 Å². The highest BCUT2D eigenvalue weighted by Gasteiger charge is 2.28. The zero-order chi connectivity index (χ0) is 25.6. The number of benzene rings is 2. The van der Waals surface area contributed by atoms with Crippen molar-refractivity contribution in [2.24, 2.45) is 0 Å². The van der Waals surface area contributed by atoms with E-state index in [0.717, 1.165) is 35.7 Å². The predicted octanol–water partition coefficient (Wildman–Crippen LogP) is 6.65.